The van der Waals surface area contributed by atoms with Gasteiger partial charge in [-0.15, -0.1) is 0 Å². The van der Waals surface area contributed by atoms with Gasteiger partial charge in [0.15, 0.2) is 5.65 Å². The molecular formula is C30H33ClN8O2. The van der Waals surface area contributed by atoms with Gasteiger partial charge >= 0.3 is 0 Å². The molecule has 2 aromatic carbocycles. The summed E-state index contributed by atoms with van der Waals surface area (Å²) < 4.78 is 13.2. The third-order valence-electron chi connectivity index (χ3n) is 7.09. The highest BCUT2D eigenvalue weighted by atomic mass is 35.5. The summed E-state index contributed by atoms with van der Waals surface area (Å²) in [6.07, 6.45) is 1.44. The summed E-state index contributed by atoms with van der Waals surface area (Å²) in [6, 6.07) is 15.0. The molecule has 0 radical (unpaired) electrons. The van der Waals surface area contributed by atoms with Crippen molar-refractivity contribution in [2.45, 2.75) is 32.7 Å². The van der Waals surface area contributed by atoms with Crippen molar-refractivity contribution in [2.24, 2.45) is 0 Å². The summed E-state index contributed by atoms with van der Waals surface area (Å²) in [6.45, 7) is 9.46. The molecule has 0 aliphatic carbocycles. The van der Waals surface area contributed by atoms with Crippen LogP contribution in [-0.2, 0) is 4.74 Å². The lowest BCUT2D eigenvalue weighted by atomic mass is 9.85. The van der Waals surface area contributed by atoms with Crippen LogP contribution in [0.3, 0.4) is 0 Å². The third-order valence-corrected chi connectivity index (χ3v) is 7.39. The molecule has 4 aromatic rings. The van der Waals surface area contributed by atoms with E-state index < -0.39 is 0 Å². The van der Waals surface area contributed by atoms with Crippen molar-refractivity contribution in [2.75, 3.05) is 45.7 Å². The summed E-state index contributed by atoms with van der Waals surface area (Å²) in [5.74, 6) is 1.24. The average Bonchev–Trinajstić information content (AvgIpc) is 3.31. The van der Waals surface area contributed by atoms with Gasteiger partial charge in [0.25, 0.3) is 0 Å². The summed E-state index contributed by atoms with van der Waals surface area (Å²) >= 11 is 6.65. The van der Waals surface area contributed by atoms with Crippen molar-refractivity contribution in [1.82, 2.24) is 24.6 Å². The predicted molar refractivity (Wildman–Crippen MR) is 158 cm³/mol. The zero-order chi connectivity index (χ0) is 29.5. The highest BCUT2D eigenvalue weighted by Crippen LogP contribution is 2.44. The molecule has 5 rings (SSSR count). The van der Waals surface area contributed by atoms with Gasteiger partial charge in [-0.05, 0) is 39.0 Å². The Balaban J connectivity index is 0.000000417. The quantitative estimate of drug-likeness (QED) is 0.313. The van der Waals surface area contributed by atoms with E-state index in [4.69, 9.17) is 37.2 Å². The lowest BCUT2D eigenvalue weighted by Crippen LogP contribution is -2.46. The smallest absolute Gasteiger partial charge is 0.164 e. The van der Waals surface area contributed by atoms with Crippen molar-refractivity contribution < 1.29 is 9.47 Å². The van der Waals surface area contributed by atoms with E-state index in [0.717, 1.165) is 41.8 Å². The minimum atomic E-state index is -0.259. The van der Waals surface area contributed by atoms with Gasteiger partial charge in [0.05, 0.1) is 52.6 Å². The number of aryl methyl sites for hydroxylation is 1. The average molecular weight is 573 g/mol. The van der Waals surface area contributed by atoms with Gasteiger partial charge in [-0.3, -0.25) is 4.90 Å². The van der Waals surface area contributed by atoms with Crippen LogP contribution >= 0.6 is 11.6 Å². The molecule has 1 fully saturated rings. The normalized spacial score (nSPS) is 13.9. The number of likely N-dealkylation sites (tertiary alicyclic amines) is 1. The monoisotopic (exact) mass is 572 g/mol. The Morgan fingerprint density at radius 3 is 2.51 bits per heavy atom. The van der Waals surface area contributed by atoms with E-state index in [2.05, 4.69) is 20.9 Å². The van der Waals surface area contributed by atoms with Gasteiger partial charge in [-0.25, -0.2) is 14.6 Å². The molecule has 11 heteroatoms. The van der Waals surface area contributed by atoms with Crippen LogP contribution < -0.4 is 10.5 Å². The molecule has 1 aliphatic rings. The van der Waals surface area contributed by atoms with Crippen LogP contribution in [0.25, 0.3) is 11.0 Å². The van der Waals surface area contributed by atoms with Crippen molar-refractivity contribution >= 4 is 28.5 Å². The standard InChI is InChI=1S/C23H28ClN7O2.C7H5N/c1-5-33-21-16(14(3)31-23-19(13(2)29-31)22(26)27-12-28-23)8-18(24)17(9-25)20(21)15-10-30(11-15)6-7-32-4;8-6-7-4-2-1-3-5-7/h8,12,14-15H,5-7,10-11H2,1-4H3,(H2,26,27,28);1-5H. The van der Waals surface area contributed by atoms with Gasteiger partial charge < -0.3 is 15.2 Å². The first-order chi connectivity index (χ1) is 19.8. The fourth-order valence-corrected chi connectivity index (χ4v) is 5.29. The maximum absolute atomic E-state index is 9.92. The summed E-state index contributed by atoms with van der Waals surface area (Å²) in [5.41, 5.74) is 10.4. The number of nitrogen functional groups attached to an aromatic ring is 1. The van der Waals surface area contributed by atoms with Crippen molar-refractivity contribution in [1.29, 1.82) is 10.5 Å². The minimum absolute atomic E-state index is 0.150. The van der Waals surface area contributed by atoms with Gasteiger partial charge in [-0.2, -0.15) is 15.6 Å². The third kappa shape index (κ3) is 6.26. The number of aromatic nitrogens is 4. The second kappa shape index (κ2) is 13.4. The summed E-state index contributed by atoms with van der Waals surface area (Å²) in [4.78, 5) is 10.8. The molecule has 1 atom stereocenters. The number of nitriles is 2. The van der Waals surface area contributed by atoms with Crippen LogP contribution in [0.1, 0.15) is 53.8 Å². The topological polar surface area (TPSA) is 139 Å². The second-order valence-corrected chi connectivity index (χ2v) is 10.1. The SMILES string of the molecule is CCOc1c(C(C)n2nc(C)c3c(N)ncnc32)cc(Cl)c(C#N)c1C1CN(CCOC)C1.N#Cc1ccccc1. The van der Waals surface area contributed by atoms with Gasteiger partial charge in [-0.1, -0.05) is 29.8 Å². The lowest BCUT2D eigenvalue weighted by molar-refractivity contribution is 0.0930. The molecule has 41 heavy (non-hydrogen) atoms. The fourth-order valence-electron chi connectivity index (χ4n) is 5.03. The van der Waals surface area contributed by atoms with Gasteiger partial charge in [0, 0.05) is 43.8 Å². The number of hydrogen-bond donors (Lipinski definition) is 1. The zero-order valence-corrected chi connectivity index (χ0v) is 24.4. The Morgan fingerprint density at radius 2 is 1.90 bits per heavy atom. The molecule has 10 nitrogen and oxygen atoms in total. The largest absolute Gasteiger partial charge is 0.493 e. The Bertz CT molecular complexity index is 1590. The van der Waals surface area contributed by atoms with Crippen molar-refractivity contribution in [3.8, 4) is 17.9 Å². The molecule has 1 unspecified atom stereocenters. The van der Waals surface area contributed by atoms with Crippen LogP contribution in [0, 0.1) is 29.6 Å². The Labute approximate surface area is 244 Å². The first-order valence-electron chi connectivity index (χ1n) is 13.3. The number of anilines is 1. The summed E-state index contributed by atoms with van der Waals surface area (Å²) in [7, 11) is 1.70. The molecule has 212 valence electrons. The van der Waals surface area contributed by atoms with Crippen molar-refractivity contribution in [3.63, 3.8) is 0 Å². The molecule has 0 saturated carbocycles. The number of hydrogen-bond acceptors (Lipinski definition) is 9. The van der Waals surface area contributed by atoms with Gasteiger partial charge in [0.1, 0.15) is 24.0 Å². The molecule has 1 saturated heterocycles. The lowest BCUT2D eigenvalue weighted by Gasteiger charge is -2.40. The Hall–Kier alpha value is -4.22. The van der Waals surface area contributed by atoms with Crippen LogP contribution in [-0.4, -0.2) is 64.6 Å². The van der Waals surface area contributed by atoms with Crippen LogP contribution in [0.5, 0.6) is 5.75 Å². The molecule has 0 spiro atoms. The second-order valence-electron chi connectivity index (χ2n) is 9.70. The fraction of sp³-hybridized carbons (Fsp3) is 0.367. The molecule has 0 bridgehead atoms. The first-order valence-corrected chi connectivity index (χ1v) is 13.7. The van der Waals surface area contributed by atoms with Crippen molar-refractivity contribution in [3.05, 3.63) is 75.7 Å². The Kier molecular flexibility index (Phi) is 9.74. The molecule has 0 amide bonds. The Morgan fingerprint density at radius 1 is 1.17 bits per heavy atom. The number of halogens is 1. The van der Waals surface area contributed by atoms with E-state index in [1.54, 1.807) is 19.2 Å². The highest BCUT2D eigenvalue weighted by molar-refractivity contribution is 6.32. The molecule has 2 N–H and O–H groups in total. The first kappa shape index (κ1) is 29.8. The van der Waals surface area contributed by atoms with E-state index in [1.807, 2.05) is 55.8 Å². The highest BCUT2D eigenvalue weighted by Gasteiger charge is 2.35. The summed E-state index contributed by atoms with van der Waals surface area (Å²) in [5, 5.41) is 24.1. The number of benzene rings is 2. The maximum Gasteiger partial charge on any atom is 0.164 e. The van der Waals surface area contributed by atoms with E-state index >= 15 is 0 Å². The number of nitrogens with two attached hydrogens (primary N) is 1. The maximum atomic E-state index is 9.92. The van der Waals surface area contributed by atoms with Crippen LogP contribution in [0.4, 0.5) is 5.82 Å². The van der Waals surface area contributed by atoms with E-state index in [1.165, 1.54) is 6.33 Å². The minimum Gasteiger partial charge on any atom is -0.493 e. The number of ether oxygens (including phenoxy) is 2. The molecule has 3 heterocycles. The van der Waals surface area contributed by atoms with E-state index in [0.29, 0.717) is 46.6 Å². The number of rotatable bonds is 8. The molecule has 2 aromatic heterocycles. The van der Waals surface area contributed by atoms with Gasteiger partial charge in [0.2, 0.25) is 0 Å². The number of nitrogens with zero attached hydrogens (tertiary/aromatic N) is 7. The predicted octanol–water partition coefficient (Wildman–Crippen LogP) is 4.85. The molecule has 1 aliphatic heterocycles. The van der Waals surface area contributed by atoms with E-state index in [9.17, 15) is 5.26 Å². The number of methoxy groups -OCH3 is 1. The van der Waals surface area contributed by atoms with E-state index in [-0.39, 0.29) is 12.0 Å². The zero-order valence-electron chi connectivity index (χ0n) is 23.6. The number of fused-ring (bicyclic) bond motifs is 1. The molecular weight excluding hydrogens is 540 g/mol. The van der Waals surface area contributed by atoms with Crippen LogP contribution in [0.2, 0.25) is 5.02 Å². The van der Waals surface area contributed by atoms with Crippen LogP contribution in [0.15, 0.2) is 42.7 Å².